The second-order valence-electron chi connectivity index (χ2n) is 6.03. The summed E-state index contributed by atoms with van der Waals surface area (Å²) in [5, 5.41) is 12.2. The van der Waals surface area contributed by atoms with Crippen LogP contribution in [0.2, 0.25) is 0 Å². The Kier molecular flexibility index (Phi) is 3.80. The van der Waals surface area contributed by atoms with Crippen molar-refractivity contribution < 1.29 is 9.59 Å². The van der Waals surface area contributed by atoms with Crippen LogP contribution in [0.4, 0.5) is 5.13 Å². The van der Waals surface area contributed by atoms with Gasteiger partial charge in [0.2, 0.25) is 16.9 Å². The van der Waals surface area contributed by atoms with Gasteiger partial charge in [0, 0.05) is 17.7 Å². The van der Waals surface area contributed by atoms with E-state index in [1.165, 1.54) is 11.3 Å². The van der Waals surface area contributed by atoms with Crippen LogP contribution in [0.25, 0.3) is 10.6 Å². The summed E-state index contributed by atoms with van der Waals surface area (Å²) < 4.78 is 0. The Morgan fingerprint density at radius 3 is 2.92 bits per heavy atom. The summed E-state index contributed by atoms with van der Waals surface area (Å²) in [5.41, 5.74) is 0.967. The minimum absolute atomic E-state index is 0.0601. The first-order chi connectivity index (χ1) is 11.6. The number of aromatic nitrogens is 2. The Labute approximate surface area is 147 Å². The zero-order valence-electron chi connectivity index (χ0n) is 13.1. The molecule has 2 aliphatic heterocycles. The molecule has 1 aromatic heterocycles. The van der Waals surface area contributed by atoms with Gasteiger partial charge in [-0.3, -0.25) is 14.9 Å². The summed E-state index contributed by atoms with van der Waals surface area (Å²) in [6.07, 6.45) is 1.32. The molecule has 0 aliphatic carbocycles. The molecule has 2 fully saturated rings. The van der Waals surface area contributed by atoms with Crippen molar-refractivity contribution in [3.8, 4) is 10.6 Å². The predicted octanol–water partition coefficient (Wildman–Crippen LogP) is 2.60. The molecule has 124 valence electrons. The molecule has 4 rings (SSSR count). The fourth-order valence-electron chi connectivity index (χ4n) is 3.17. The number of carbonyl (C=O) groups is 2. The van der Waals surface area contributed by atoms with E-state index in [9.17, 15) is 9.59 Å². The molecular formula is C16H16N4O2S2. The highest BCUT2D eigenvalue weighted by Gasteiger charge is 2.52. The van der Waals surface area contributed by atoms with Gasteiger partial charge in [0.25, 0.3) is 0 Å². The third kappa shape index (κ3) is 2.59. The highest BCUT2D eigenvalue weighted by molar-refractivity contribution is 8.01. The lowest BCUT2D eigenvalue weighted by Gasteiger charge is -2.29. The number of benzene rings is 1. The number of fused-ring (bicyclic) bond motifs is 1. The highest BCUT2D eigenvalue weighted by Crippen LogP contribution is 2.47. The number of nitrogens with zero attached hydrogens (tertiary/aromatic N) is 3. The van der Waals surface area contributed by atoms with Crippen molar-refractivity contribution in [3.05, 3.63) is 30.3 Å². The molecule has 2 aliphatic rings. The Hall–Kier alpha value is -1.93. The molecular weight excluding hydrogens is 344 g/mol. The van der Waals surface area contributed by atoms with E-state index >= 15 is 0 Å². The summed E-state index contributed by atoms with van der Waals surface area (Å²) in [7, 11) is 0. The molecule has 2 amide bonds. The van der Waals surface area contributed by atoms with Gasteiger partial charge < -0.3 is 4.90 Å². The van der Waals surface area contributed by atoms with Crippen molar-refractivity contribution in [1.82, 2.24) is 15.1 Å². The maximum atomic E-state index is 12.6. The largest absolute Gasteiger partial charge is 0.315 e. The first-order valence-corrected chi connectivity index (χ1v) is 9.53. The van der Waals surface area contributed by atoms with Crippen LogP contribution in [0.5, 0.6) is 0 Å². The molecule has 0 radical (unpaired) electrons. The molecule has 6 nitrogen and oxygen atoms in total. The number of carbonyl (C=O) groups excluding carboxylic acids is 2. The SMILES string of the molecule is CC12CCC(=O)N1C(C(=O)Nc1nnc(-c3ccccc3)s1)CS2. The van der Waals surface area contributed by atoms with Gasteiger partial charge in [0.15, 0.2) is 0 Å². The number of nitrogens with one attached hydrogen (secondary N) is 1. The molecule has 1 aromatic carbocycles. The van der Waals surface area contributed by atoms with Crippen molar-refractivity contribution >= 4 is 40.0 Å². The predicted molar refractivity (Wildman–Crippen MR) is 94.7 cm³/mol. The molecule has 2 saturated heterocycles. The number of thioether (sulfide) groups is 1. The average molecular weight is 360 g/mol. The Morgan fingerprint density at radius 2 is 2.12 bits per heavy atom. The number of rotatable bonds is 3. The van der Waals surface area contributed by atoms with Crippen molar-refractivity contribution in [1.29, 1.82) is 0 Å². The highest BCUT2D eigenvalue weighted by atomic mass is 32.2. The average Bonchev–Trinajstić information content (AvgIpc) is 3.25. The number of hydrogen-bond acceptors (Lipinski definition) is 6. The molecule has 2 aromatic rings. The van der Waals surface area contributed by atoms with Gasteiger partial charge in [-0.2, -0.15) is 0 Å². The van der Waals surface area contributed by atoms with E-state index < -0.39 is 6.04 Å². The fraction of sp³-hybridized carbons (Fsp3) is 0.375. The third-order valence-electron chi connectivity index (χ3n) is 4.42. The summed E-state index contributed by atoms with van der Waals surface area (Å²) in [6.45, 7) is 2.04. The fourth-order valence-corrected chi connectivity index (χ4v) is 5.36. The Morgan fingerprint density at radius 1 is 1.33 bits per heavy atom. The standard InChI is InChI=1S/C16H16N4O2S2/c1-16-8-7-12(21)20(16)11(9-23-16)13(22)17-15-19-18-14(24-15)10-5-3-2-4-6-10/h2-6,11H,7-9H2,1H3,(H,17,19,22). The second kappa shape index (κ2) is 5.86. The molecule has 0 bridgehead atoms. The first-order valence-electron chi connectivity index (χ1n) is 7.73. The van der Waals surface area contributed by atoms with E-state index in [2.05, 4.69) is 15.5 Å². The van der Waals surface area contributed by atoms with Crippen molar-refractivity contribution in [3.63, 3.8) is 0 Å². The van der Waals surface area contributed by atoms with Gasteiger partial charge >= 0.3 is 0 Å². The Bertz CT molecular complexity index is 794. The van der Waals surface area contributed by atoms with Crippen LogP contribution < -0.4 is 5.32 Å². The van der Waals surface area contributed by atoms with Gasteiger partial charge in [-0.25, -0.2) is 0 Å². The van der Waals surface area contributed by atoms with Crippen molar-refractivity contribution in [2.45, 2.75) is 30.7 Å². The summed E-state index contributed by atoms with van der Waals surface area (Å²) in [4.78, 5) is 26.2. The van der Waals surface area contributed by atoms with Crippen LogP contribution in [0.3, 0.4) is 0 Å². The minimum atomic E-state index is -0.431. The van der Waals surface area contributed by atoms with Gasteiger partial charge in [-0.1, -0.05) is 41.7 Å². The van der Waals surface area contributed by atoms with E-state index in [0.29, 0.717) is 17.3 Å². The van der Waals surface area contributed by atoms with Crippen LogP contribution in [-0.4, -0.2) is 43.6 Å². The van der Waals surface area contributed by atoms with E-state index in [1.807, 2.05) is 37.3 Å². The van der Waals surface area contributed by atoms with Gasteiger partial charge in [-0.05, 0) is 13.3 Å². The third-order valence-corrected chi connectivity index (χ3v) is 6.82. The van der Waals surface area contributed by atoms with E-state index in [0.717, 1.165) is 17.0 Å². The van der Waals surface area contributed by atoms with Gasteiger partial charge in [0.05, 0.1) is 4.87 Å². The molecule has 2 unspecified atom stereocenters. The molecule has 2 atom stereocenters. The minimum Gasteiger partial charge on any atom is -0.315 e. The summed E-state index contributed by atoms with van der Waals surface area (Å²) in [5.74, 6) is 0.500. The van der Waals surface area contributed by atoms with Crippen LogP contribution >= 0.6 is 23.1 Å². The van der Waals surface area contributed by atoms with Crippen LogP contribution in [0.15, 0.2) is 30.3 Å². The van der Waals surface area contributed by atoms with Gasteiger partial charge in [0.1, 0.15) is 11.0 Å². The molecule has 3 heterocycles. The quantitative estimate of drug-likeness (QED) is 0.911. The molecule has 24 heavy (non-hydrogen) atoms. The second-order valence-corrected chi connectivity index (χ2v) is 8.51. The van der Waals surface area contributed by atoms with Crippen LogP contribution in [0.1, 0.15) is 19.8 Å². The molecule has 0 saturated carbocycles. The first kappa shape index (κ1) is 15.6. The molecule has 1 N–H and O–H groups in total. The maximum Gasteiger partial charge on any atom is 0.249 e. The summed E-state index contributed by atoms with van der Waals surface area (Å²) in [6, 6.07) is 9.28. The number of hydrogen-bond donors (Lipinski definition) is 1. The van der Waals surface area contributed by atoms with Crippen LogP contribution in [-0.2, 0) is 9.59 Å². The lowest BCUT2D eigenvalue weighted by molar-refractivity contribution is -0.135. The maximum absolute atomic E-state index is 12.6. The normalized spacial score (nSPS) is 25.8. The monoisotopic (exact) mass is 360 g/mol. The number of amides is 2. The Balaban J connectivity index is 1.49. The van der Waals surface area contributed by atoms with Gasteiger partial charge in [-0.15, -0.1) is 22.0 Å². The van der Waals surface area contributed by atoms with Crippen molar-refractivity contribution in [2.75, 3.05) is 11.1 Å². The lowest BCUT2D eigenvalue weighted by Crippen LogP contribution is -2.48. The summed E-state index contributed by atoms with van der Waals surface area (Å²) >= 11 is 3.01. The van der Waals surface area contributed by atoms with E-state index in [1.54, 1.807) is 16.7 Å². The molecule has 8 heteroatoms. The van der Waals surface area contributed by atoms with Crippen molar-refractivity contribution in [2.24, 2.45) is 0 Å². The zero-order valence-corrected chi connectivity index (χ0v) is 14.7. The molecule has 0 spiro atoms. The topological polar surface area (TPSA) is 75.2 Å². The smallest absolute Gasteiger partial charge is 0.249 e. The van der Waals surface area contributed by atoms with E-state index in [-0.39, 0.29) is 16.7 Å². The van der Waals surface area contributed by atoms with E-state index in [4.69, 9.17) is 0 Å². The van der Waals surface area contributed by atoms with Crippen LogP contribution in [0, 0.1) is 0 Å². The zero-order chi connectivity index (χ0) is 16.7. The lowest BCUT2D eigenvalue weighted by atomic mass is 10.2. The number of anilines is 1.